The third kappa shape index (κ3) is 4.19. The average Bonchev–Trinajstić information content (AvgIpc) is 3.22. The molecule has 34 heavy (non-hydrogen) atoms. The van der Waals surface area contributed by atoms with Crippen LogP contribution < -0.4 is 4.74 Å². The molecule has 0 saturated heterocycles. The predicted octanol–water partition coefficient (Wildman–Crippen LogP) is 5.64. The average molecular weight is 455 g/mol. The van der Waals surface area contributed by atoms with E-state index in [1.165, 1.54) is 10.9 Å². The predicted molar refractivity (Wildman–Crippen MR) is 134 cm³/mol. The summed E-state index contributed by atoms with van der Waals surface area (Å²) in [6.45, 7) is 4.41. The first-order chi connectivity index (χ1) is 16.5. The summed E-state index contributed by atoms with van der Waals surface area (Å²) in [4.78, 5) is 19.4. The van der Waals surface area contributed by atoms with Crippen LogP contribution in [0.2, 0.25) is 0 Å². The number of hydrogen-bond donors (Lipinski definition) is 1. The summed E-state index contributed by atoms with van der Waals surface area (Å²) in [6.07, 6.45) is 0.430. The fourth-order valence-electron chi connectivity index (χ4n) is 5.00. The van der Waals surface area contributed by atoms with Gasteiger partial charge in [0.2, 0.25) is 0 Å². The highest BCUT2D eigenvalue weighted by molar-refractivity contribution is 5.87. The highest BCUT2D eigenvalue weighted by Gasteiger charge is 2.41. The van der Waals surface area contributed by atoms with E-state index in [9.17, 15) is 4.79 Å². The highest BCUT2D eigenvalue weighted by Crippen LogP contribution is 2.42. The second-order valence-corrected chi connectivity index (χ2v) is 9.10. The van der Waals surface area contributed by atoms with E-state index in [0.717, 1.165) is 28.1 Å². The standard InChI is InChI=1S/C29H30N2O3/c1-19(2)34-29(32)26-17-24-23-11-7-8-12-25(23)30-27(24)28(21-9-5-4-6-10-21)31(26)18-20-13-15-22(33-3)16-14-20/h4-16,19,26,28,30H,17-18H2,1-3H3/t26-,28+/m1/s1. The summed E-state index contributed by atoms with van der Waals surface area (Å²) in [5.74, 6) is 0.635. The van der Waals surface area contributed by atoms with Crippen LogP contribution in [0.25, 0.3) is 10.9 Å². The van der Waals surface area contributed by atoms with Gasteiger partial charge in [-0.2, -0.15) is 0 Å². The molecule has 5 nitrogen and oxygen atoms in total. The summed E-state index contributed by atoms with van der Waals surface area (Å²) in [6, 6.07) is 26.3. The number of nitrogens with one attached hydrogen (secondary N) is 1. The van der Waals surface area contributed by atoms with Gasteiger partial charge < -0.3 is 14.5 Å². The van der Waals surface area contributed by atoms with Crippen molar-refractivity contribution in [2.24, 2.45) is 0 Å². The smallest absolute Gasteiger partial charge is 0.323 e. The molecule has 0 spiro atoms. The van der Waals surface area contributed by atoms with Gasteiger partial charge in [-0.3, -0.25) is 9.69 Å². The minimum Gasteiger partial charge on any atom is -0.497 e. The van der Waals surface area contributed by atoms with E-state index in [1.54, 1.807) is 7.11 Å². The Bertz CT molecular complexity index is 1280. The number of nitrogens with zero attached hydrogens (tertiary/aromatic N) is 1. The number of carbonyl (C=O) groups is 1. The lowest BCUT2D eigenvalue weighted by Crippen LogP contribution is -2.49. The van der Waals surface area contributed by atoms with Crippen molar-refractivity contribution in [3.63, 3.8) is 0 Å². The van der Waals surface area contributed by atoms with Crippen LogP contribution in [0.5, 0.6) is 5.75 Å². The van der Waals surface area contributed by atoms with Crippen molar-refractivity contribution in [3.05, 3.63) is 101 Å². The summed E-state index contributed by atoms with van der Waals surface area (Å²) < 4.78 is 11.1. The number of fused-ring (bicyclic) bond motifs is 3. The molecular formula is C29H30N2O3. The Balaban J connectivity index is 1.66. The molecule has 0 saturated carbocycles. The van der Waals surface area contributed by atoms with Gasteiger partial charge in [0.05, 0.1) is 19.3 Å². The number of benzene rings is 3. The van der Waals surface area contributed by atoms with Crippen LogP contribution in [0.15, 0.2) is 78.9 Å². The largest absolute Gasteiger partial charge is 0.497 e. The van der Waals surface area contributed by atoms with Crippen LogP contribution in [-0.2, 0) is 22.5 Å². The molecule has 4 aromatic rings. The Kier molecular flexibility index (Phi) is 6.12. The number of carbonyl (C=O) groups excluding carboxylic acids is 1. The van der Waals surface area contributed by atoms with Crippen LogP contribution in [-0.4, -0.2) is 35.1 Å². The normalized spacial score (nSPS) is 18.1. The van der Waals surface area contributed by atoms with Crippen molar-refractivity contribution in [2.45, 2.75) is 45.0 Å². The number of ether oxygens (including phenoxy) is 2. The molecule has 1 N–H and O–H groups in total. The first-order valence-corrected chi connectivity index (χ1v) is 11.8. The number of hydrogen-bond acceptors (Lipinski definition) is 4. The summed E-state index contributed by atoms with van der Waals surface area (Å²) in [5, 5.41) is 1.17. The molecule has 5 heteroatoms. The van der Waals surface area contributed by atoms with Gasteiger partial charge in [-0.25, -0.2) is 0 Å². The summed E-state index contributed by atoms with van der Waals surface area (Å²) in [7, 11) is 1.67. The van der Waals surface area contributed by atoms with E-state index >= 15 is 0 Å². The third-order valence-electron chi connectivity index (χ3n) is 6.51. The van der Waals surface area contributed by atoms with Crippen LogP contribution in [0, 0.1) is 0 Å². The molecule has 3 aromatic carbocycles. The number of rotatable bonds is 6. The topological polar surface area (TPSA) is 54.6 Å². The molecule has 0 fully saturated rings. The molecular weight excluding hydrogens is 424 g/mol. The molecule has 1 aliphatic rings. The molecule has 2 heterocycles. The molecule has 1 aromatic heterocycles. The second-order valence-electron chi connectivity index (χ2n) is 9.10. The van der Waals surface area contributed by atoms with Crippen molar-refractivity contribution < 1.29 is 14.3 Å². The zero-order valence-corrected chi connectivity index (χ0v) is 19.8. The fraction of sp³-hybridized carbons (Fsp3) is 0.276. The lowest BCUT2D eigenvalue weighted by Gasteiger charge is -2.41. The number of H-pyrrole nitrogens is 1. The van der Waals surface area contributed by atoms with Gasteiger partial charge in [-0.1, -0.05) is 60.7 Å². The zero-order chi connectivity index (χ0) is 23.7. The number of para-hydroxylation sites is 1. The lowest BCUT2D eigenvalue weighted by atomic mass is 9.87. The van der Waals surface area contributed by atoms with Gasteiger partial charge in [0.25, 0.3) is 0 Å². The maximum Gasteiger partial charge on any atom is 0.323 e. The van der Waals surface area contributed by atoms with Crippen LogP contribution in [0.3, 0.4) is 0 Å². The quantitative estimate of drug-likeness (QED) is 0.383. The summed E-state index contributed by atoms with van der Waals surface area (Å²) in [5.41, 5.74) is 5.70. The third-order valence-corrected chi connectivity index (χ3v) is 6.51. The lowest BCUT2D eigenvalue weighted by molar-refractivity contribution is -0.155. The first kappa shape index (κ1) is 22.2. The molecule has 5 rings (SSSR count). The number of methoxy groups -OCH3 is 1. The maximum absolute atomic E-state index is 13.5. The van der Waals surface area contributed by atoms with Gasteiger partial charge in [0, 0.05) is 29.6 Å². The van der Waals surface area contributed by atoms with Gasteiger partial charge in [0.15, 0.2) is 0 Å². The van der Waals surface area contributed by atoms with Gasteiger partial charge in [-0.05, 0) is 48.7 Å². The Morgan fingerprint density at radius 2 is 1.71 bits per heavy atom. The number of aromatic nitrogens is 1. The molecule has 0 bridgehead atoms. The van der Waals surface area contributed by atoms with Crippen molar-refractivity contribution in [2.75, 3.05) is 7.11 Å². The van der Waals surface area contributed by atoms with Crippen molar-refractivity contribution >= 4 is 16.9 Å². The van der Waals surface area contributed by atoms with Crippen LogP contribution >= 0.6 is 0 Å². The minimum absolute atomic E-state index is 0.107. The molecule has 0 unspecified atom stereocenters. The first-order valence-electron chi connectivity index (χ1n) is 11.8. The highest BCUT2D eigenvalue weighted by atomic mass is 16.5. The fourth-order valence-corrected chi connectivity index (χ4v) is 5.00. The van der Waals surface area contributed by atoms with Gasteiger partial charge >= 0.3 is 5.97 Å². The minimum atomic E-state index is -0.401. The van der Waals surface area contributed by atoms with E-state index in [0.29, 0.717) is 13.0 Å². The van der Waals surface area contributed by atoms with Gasteiger partial charge in [0.1, 0.15) is 11.8 Å². The van der Waals surface area contributed by atoms with Crippen molar-refractivity contribution in [3.8, 4) is 5.75 Å². The number of aromatic amines is 1. The maximum atomic E-state index is 13.5. The Morgan fingerprint density at radius 1 is 1.00 bits per heavy atom. The Hall–Kier alpha value is -3.57. The molecule has 0 aliphatic carbocycles. The Labute approximate surface area is 200 Å². The van der Waals surface area contributed by atoms with Crippen LogP contribution in [0.4, 0.5) is 0 Å². The van der Waals surface area contributed by atoms with Crippen molar-refractivity contribution in [1.29, 1.82) is 0 Å². The van der Waals surface area contributed by atoms with E-state index in [-0.39, 0.29) is 18.1 Å². The number of esters is 1. The van der Waals surface area contributed by atoms with E-state index < -0.39 is 6.04 Å². The molecule has 0 radical (unpaired) electrons. The monoisotopic (exact) mass is 454 g/mol. The zero-order valence-electron chi connectivity index (χ0n) is 19.8. The van der Waals surface area contributed by atoms with Crippen molar-refractivity contribution in [1.82, 2.24) is 9.88 Å². The second kappa shape index (κ2) is 9.35. The molecule has 2 atom stereocenters. The van der Waals surface area contributed by atoms with E-state index in [4.69, 9.17) is 9.47 Å². The summed E-state index contributed by atoms with van der Waals surface area (Å²) >= 11 is 0. The van der Waals surface area contributed by atoms with E-state index in [1.807, 2.05) is 38.1 Å². The van der Waals surface area contributed by atoms with E-state index in [2.05, 4.69) is 64.5 Å². The van der Waals surface area contributed by atoms with Gasteiger partial charge in [-0.15, -0.1) is 0 Å². The molecule has 174 valence electrons. The molecule has 0 amide bonds. The Morgan fingerprint density at radius 3 is 2.41 bits per heavy atom. The SMILES string of the molecule is COc1ccc(CN2[C@@H](c3ccccc3)c3[nH]c4ccccc4c3C[C@@H]2C(=O)OC(C)C)cc1. The van der Waals surface area contributed by atoms with Crippen LogP contribution in [0.1, 0.15) is 42.3 Å². The molecule has 1 aliphatic heterocycles.